The fourth-order valence-electron chi connectivity index (χ4n) is 3.43. The molecular formula is C24H21ClN4O2. The zero-order valence-corrected chi connectivity index (χ0v) is 17.6. The van der Waals surface area contributed by atoms with Crippen LogP contribution in [0.4, 0.5) is 11.4 Å². The number of benzodiazepines with no additional fused rings is 1. The van der Waals surface area contributed by atoms with E-state index in [1.165, 1.54) is 4.90 Å². The molecule has 31 heavy (non-hydrogen) atoms. The van der Waals surface area contributed by atoms with Gasteiger partial charge in [-0.2, -0.15) is 0 Å². The minimum atomic E-state index is -1.05. The fraction of sp³-hybridized carbons (Fsp3) is 0.125. The molecule has 1 aliphatic rings. The number of carbonyl (C=O) groups excluding carboxylic acids is 2. The minimum Gasteiger partial charge on any atom is -0.375 e. The van der Waals surface area contributed by atoms with Gasteiger partial charge in [0.1, 0.15) is 0 Å². The summed E-state index contributed by atoms with van der Waals surface area (Å²) in [7, 11) is 1.69. The number of hydrogen-bond acceptors (Lipinski definition) is 4. The molecule has 1 unspecified atom stereocenters. The van der Waals surface area contributed by atoms with Crippen molar-refractivity contribution in [3.8, 4) is 0 Å². The second kappa shape index (κ2) is 9.02. The highest BCUT2D eigenvalue weighted by molar-refractivity contribution is 6.33. The van der Waals surface area contributed by atoms with Gasteiger partial charge in [0.05, 0.1) is 28.7 Å². The molecule has 1 aliphatic heterocycles. The minimum absolute atomic E-state index is 0.0413. The number of carbonyl (C=O) groups is 2. The van der Waals surface area contributed by atoms with Crippen LogP contribution in [-0.2, 0) is 9.59 Å². The maximum Gasteiger partial charge on any atom is 0.272 e. The van der Waals surface area contributed by atoms with E-state index in [1.54, 1.807) is 19.2 Å². The standard InChI is InChI=1S/C24H21ClN4O2/c1-29-20-14-8-5-11-17(20)22(16-9-3-2-4-10-16)28-23(24(29)31)27-21(30)15-26-19-13-7-6-12-18(19)25/h2-14,23,26H,15H2,1H3,(H,27,30). The maximum atomic E-state index is 13.1. The molecule has 2 N–H and O–H groups in total. The Morgan fingerprint density at radius 1 is 1.00 bits per heavy atom. The first-order chi connectivity index (χ1) is 15.0. The summed E-state index contributed by atoms with van der Waals surface area (Å²) in [5, 5.41) is 6.24. The van der Waals surface area contributed by atoms with Crippen molar-refractivity contribution < 1.29 is 9.59 Å². The molecule has 0 spiro atoms. The van der Waals surface area contributed by atoms with Crippen LogP contribution < -0.4 is 15.5 Å². The lowest BCUT2D eigenvalue weighted by Crippen LogP contribution is -2.47. The smallest absolute Gasteiger partial charge is 0.272 e. The summed E-state index contributed by atoms with van der Waals surface area (Å²) in [6.07, 6.45) is -1.05. The van der Waals surface area contributed by atoms with Crippen LogP contribution >= 0.6 is 11.6 Å². The molecule has 4 rings (SSSR count). The van der Waals surface area contributed by atoms with Crippen molar-refractivity contribution in [2.24, 2.45) is 4.99 Å². The van der Waals surface area contributed by atoms with Crippen molar-refractivity contribution in [2.75, 3.05) is 23.8 Å². The lowest BCUT2D eigenvalue weighted by atomic mass is 10.0. The molecule has 0 bridgehead atoms. The number of para-hydroxylation sites is 2. The van der Waals surface area contributed by atoms with E-state index >= 15 is 0 Å². The Morgan fingerprint density at radius 2 is 1.68 bits per heavy atom. The number of nitrogens with zero attached hydrogens (tertiary/aromatic N) is 2. The zero-order valence-electron chi connectivity index (χ0n) is 16.9. The van der Waals surface area contributed by atoms with E-state index < -0.39 is 6.17 Å². The molecule has 3 aromatic rings. The van der Waals surface area contributed by atoms with Gasteiger partial charge in [0.25, 0.3) is 5.91 Å². The highest BCUT2D eigenvalue weighted by Gasteiger charge is 2.30. The van der Waals surface area contributed by atoms with Gasteiger partial charge in [-0.1, -0.05) is 72.3 Å². The summed E-state index contributed by atoms with van der Waals surface area (Å²) < 4.78 is 0. The number of aliphatic imine (C=N–C) groups is 1. The van der Waals surface area contributed by atoms with Crippen LogP contribution in [0.25, 0.3) is 0 Å². The first-order valence-corrected chi connectivity index (χ1v) is 10.2. The van der Waals surface area contributed by atoms with E-state index in [-0.39, 0.29) is 18.4 Å². The molecule has 0 saturated carbocycles. The Bertz CT molecular complexity index is 1150. The van der Waals surface area contributed by atoms with Gasteiger partial charge in [0.15, 0.2) is 0 Å². The van der Waals surface area contributed by atoms with Crippen LogP contribution in [0.3, 0.4) is 0 Å². The number of benzene rings is 3. The highest BCUT2D eigenvalue weighted by atomic mass is 35.5. The van der Waals surface area contributed by atoms with Gasteiger partial charge in [-0.05, 0) is 18.2 Å². The first kappa shape index (κ1) is 20.6. The van der Waals surface area contributed by atoms with Gasteiger partial charge in [-0.25, -0.2) is 4.99 Å². The highest BCUT2D eigenvalue weighted by Crippen LogP contribution is 2.27. The summed E-state index contributed by atoms with van der Waals surface area (Å²) in [6, 6.07) is 24.3. The average molecular weight is 433 g/mol. The molecule has 0 aliphatic carbocycles. The molecule has 156 valence electrons. The average Bonchev–Trinajstić information content (AvgIpc) is 2.90. The van der Waals surface area contributed by atoms with Crippen molar-refractivity contribution in [3.63, 3.8) is 0 Å². The lowest BCUT2D eigenvalue weighted by Gasteiger charge is -2.21. The van der Waals surface area contributed by atoms with Gasteiger partial charge in [-0.15, -0.1) is 0 Å². The van der Waals surface area contributed by atoms with Gasteiger partial charge >= 0.3 is 0 Å². The summed E-state index contributed by atoms with van der Waals surface area (Å²) in [5.41, 5.74) is 3.73. The van der Waals surface area contributed by atoms with E-state index in [1.807, 2.05) is 66.7 Å². The van der Waals surface area contributed by atoms with Crippen LogP contribution in [0.15, 0.2) is 83.9 Å². The number of amides is 2. The van der Waals surface area contributed by atoms with E-state index in [9.17, 15) is 9.59 Å². The number of fused-ring (bicyclic) bond motifs is 1. The lowest BCUT2D eigenvalue weighted by molar-refractivity contribution is -0.126. The quantitative estimate of drug-likeness (QED) is 0.645. The van der Waals surface area contributed by atoms with Crippen LogP contribution in [0.2, 0.25) is 5.02 Å². The van der Waals surface area contributed by atoms with Gasteiger partial charge in [-0.3, -0.25) is 9.59 Å². The molecule has 0 fully saturated rings. The second-order valence-corrected chi connectivity index (χ2v) is 7.47. The number of halogens is 1. The predicted octanol–water partition coefficient (Wildman–Crippen LogP) is 3.71. The molecular weight excluding hydrogens is 412 g/mol. The van der Waals surface area contributed by atoms with Gasteiger partial charge in [0, 0.05) is 18.2 Å². The number of hydrogen-bond donors (Lipinski definition) is 2. The van der Waals surface area contributed by atoms with Gasteiger partial charge in [0.2, 0.25) is 12.1 Å². The third kappa shape index (κ3) is 4.44. The summed E-state index contributed by atoms with van der Waals surface area (Å²) in [4.78, 5) is 31.9. The number of likely N-dealkylation sites (N-methyl/N-ethyl adjacent to an activating group) is 1. The molecule has 3 aromatic carbocycles. The van der Waals surface area contributed by atoms with Crippen LogP contribution in [0.5, 0.6) is 0 Å². The van der Waals surface area contributed by atoms with Crippen molar-refractivity contribution in [1.29, 1.82) is 0 Å². The fourth-order valence-corrected chi connectivity index (χ4v) is 3.63. The molecule has 0 radical (unpaired) electrons. The number of nitrogens with one attached hydrogen (secondary N) is 2. The largest absolute Gasteiger partial charge is 0.375 e. The van der Waals surface area contributed by atoms with Crippen molar-refractivity contribution in [1.82, 2.24) is 5.32 Å². The van der Waals surface area contributed by atoms with E-state index in [0.717, 1.165) is 16.8 Å². The second-order valence-electron chi connectivity index (χ2n) is 7.06. The third-order valence-corrected chi connectivity index (χ3v) is 5.33. The molecule has 1 atom stereocenters. The van der Waals surface area contributed by atoms with E-state index in [4.69, 9.17) is 11.6 Å². The zero-order chi connectivity index (χ0) is 21.8. The Morgan fingerprint density at radius 3 is 2.45 bits per heavy atom. The van der Waals surface area contributed by atoms with Crippen LogP contribution in [0.1, 0.15) is 11.1 Å². The molecule has 1 heterocycles. The van der Waals surface area contributed by atoms with Crippen LogP contribution in [0, 0.1) is 0 Å². The number of anilines is 2. The van der Waals surface area contributed by atoms with E-state index in [0.29, 0.717) is 16.4 Å². The van der Waals surface area contributed by atoms with Crippen molar-refractivity contribution in [3.05, 3.63) is 95.0 Å². The third-order valence-electron chi connectivity index (χ3n) is 5.00. The summed E-state index contributed by atoms with van der Waals surface area (Å²) in [5.74, 6) is -0.682. The molecule has 6 nitrogen and oxygen atoms in total. The molecule has 7 heteroatoms. The molecule has 2 amide bonds. The Labute approximate surface area is 185 Å². The van der Waals surface area contributed by atoms with Gasteiger partial charge < -0.3 is 15.5 Å². The molecule has 0 aromatic heterocycles. The monoisotopic (exact) mass is 432 g/mol. The Hall–Kier alpha value is -3.64. The SMILES string of the molecule is CN1C(=O)C(NC(=O)CNc2ccccc2Cl)N=C(c2ccccc2)c2ccccc21. The number of rotatable bonds is 5. The molecule has 0 saturated heterocycles. The van der Waals surface area contributed by atoms with Crippen molar-refractivity contribution >= 4 is 40.5 Å². The summed E-state index contributed by atoms with van der Waals surface area (Å²) in [6.45, 7) is -0.0413. The Kier molecular flexibility index (Phi) is 6.00. The maximum absolute atomic E-state index is 13.1. The van der Waals surface area contributed by atoms with Crippen LogP contribution in [-0.4, -0.2) is 37.3 Å². The Balaban J connectivity index is 1.62. The van der Waals surface area contributed by atoms with E-state index in [2.05, 4.69) is 15.6 Å². The summed E-state index contributed by atoms with van der Waals surface area (Å²) >= 11 is 6.13. The predicted molar refractivity (Wildman–Crippen MR) is 124 cm³/mol. The normalized spacial score (nSPS) is 15.5. The van der Waals surface area contributed by atoms with Crippen molar-refractivity contribution in [2.45, 2.75) is 6.17 Å². The topological polar surface area (TPSA) is 73.8 Å². The first-order valence-electron chi connectivity index (χ1n) is 9.82.